The maximum Gasteiger partial charge on any atom is 0.290 e. The maximum absolute atomic E-state index is 12.4. The van der Waals surface area contributed by atoms with E-state index >= 15 is 0 Å². The number of thioether (sulfide) groups is 2. The predicted molar refractivity (Wildman–Crippen MR) is 169 cm³/mol. The molecule has 5 amide bonds. The molecule has 0 aliphatic carbocycles. The highest BCUT2D eigenvalue weighted by molar-refractivity contribution is 8.18. The summed E-state index contributed by atoms with van der Waals surface area (Å²) < 4.78 is 10.8. The van der Waals surface area contributed by atoms with E-state index in [9.17, 15) is 24.0 Å². The molecule has 1 aromatic heterocycles. The molecule has 13 heteroatoms. The van der Waals surface area contributed by atoms with Crippen molar-refractivity contribution in [3.8, 4) is 5.75 Å². The summed E-state index contributed by atoms with van der Waals surface area (Å²) in [6.45, 7) is 0.427. The van der Waals surface area contributed by atoms with Gasteiger partial charge in [-0.05, 0) is 88.2 Å². The third-order valence-corrected chi connectivity index (χ3v) is 8.31. The second-order valence-corrected chi connectivity index (χ2v) is 11.9. The number of furan rings is 1. The van der Waals surface area contributed by atoms with Crippen molar-refractivity contribution in [2.45, 2.75) is 6.54 Å². The highest BCUT2D eigenvalue weighted by atomic mass is 35.5. The standard InChI is InChI=1S/C19H14N2O4S.C12H6ClNO3S/c22-17-11-25-15-7-6-13(9-16-18(23)20-19(24)26-16)8-14(15)21(17)10-12-4-2-1-3-5-12;13-10-5-7-3-6(1-2-8(7)17-10)4-9-11(15)14-12(16)18-9/h1-9H,10-11H2,(H,20,23,24);1-5H,(H,14,15,16). The Labute approximate surface area is 263 Å². The van der Waals surface area contributed by atoms with Gasteiger partial charge >= 0.3 is 0 Å². The summed E-state index contributed by atoms with van der Waals surface area (Å²) in [6, 6.07) is 22.2. The average molecular weight is 646 g/mol. The van der Waals surface area contributed by atoms with Crippen LogP contribution in [0.4, 0.5) is 15.3 Å². The van der Waals surface area contributed by atoms with E-state index < -0.39 is 5.91 Å². The molecule has 0 saturated carbocycles. The van der Waals surface area contributed by atoms with Gasteiger partial charge in [-0.25, -0.2) is 0 Å². The van der Waals surface area contributed by atoms with Gasteiger partial charge in [0.1, 0.15) is 11.3 Å². The number of hydrogen-bond acceptors (Lipinski definition) is 9. The quantitative estimate of drug-likeness (QED) is 0.244. The summed E-state index contributed by atoms with van der Waals surface area (Å²) >= 11 is 7.50. The molecule has 2 fully saturated rings. The van der Waals surface area contributed by atoms with E-state index in [1.165, 1.54) is 0 Å². The summed E-state index contributed by atoms with van der Waals surface area (Å²) in [5.41, 5.74) is 3.87. The van der Waals surface area contributed by atoms with Crippen molar-refractivity contribution in [2.75, 3.05) is 11.5 Å². The summed E-state index contributed by atoms with van der Waals surface area (Å²) in [7, 11) is 0. The van der Waals surface area contributed by atoms with Crippen LogP contribution in [0, 0.1) is 0 Å². The first-order valence-electron chi connectivity index (χ1n) is 13.0. The van der Waals surface area contributed by atoms with Gasteiger partial charge in [0.05, 0.1) is 22.0 Å². The first-order chi connectivity index (χ1) is 21.2. The van der Waals surface area contributed by atoms with Gasteiger partial charge < -0.3 is 14.1 Å². The van der Waals surface area contributed by atoms with Gasteiger partial charge in [0.15, 0.2) is 11.8 Å². The fraction of sp³-hybridized carbons (Fsp3) is 0.0645. The van der Waals surface area contributed by atoms with Gasteiger partial charge in [0, 0.05) is 11.5 Å². The number of carbonyl (C=O) groups excluding carboxylic acids is 5. The summed E-state index contributed by atoms with van der Waals surface area (Å²) in [5.74, 6) is -0.293. The van der Waals surface area contributed by atoms with E-state index in [4.69, 9.17) is 20.8 Å². The fourth-order valence-corrected chi connectivity index (χ4v) is 6.08. The monoisotopic (exact) mass is 645 g/mol. The van der Waals surface area contributed by atoms with Crippen molar-refractivity contribution >= 4 is 92.1 Å². The Bertz CT molecular complexity index is 1920. The Morgan fingerprint density at radius 1 is 0.795 bits per heavy atom. The number of nitrogens with one attached hydrogen (secondary N) is 2. The minimum atomic E-state index is -0.411. The summed E-state index contributed by atoms with van der Waals surface area (Å²) in [5, 5.41) is 4.87. The van der Waals surface area contributed by atoms with Crippen molar-refractivity contribution in [2.24, 2.45) is 0 Å². The Morgan fingerprint density at radius 3 is 2.07 bits per heavy atom. The minimum absolute atomic E-state index is 0.00692. The predicted octanol–water partition coefficient (Wildman–Crippen LogP) is 6.35. The average Bonchev–Trinajstić information content (AvgIpc) is 3.64. The number of anilines is 1. The van der Waals surface area contributed by atoms with Crippen LogP contribution in [0.15, 0.2) is 87.0 Å². The zero-order chi connectivity index (χ0) is 30.8. The van der Waals surface area contributed by atoms with Crippen LogP contribution in [0.1, 0.15) is 16.7 Å². The number of carbonyl (C=O) groups is 5. The van der Waals surface area contributed by atoms with E-state index in [1.807, 2.05) is 36.4 Å². The molecule has 0 radical (unpaired) electrons. The van der Waals surface area contributed by atoms with Crippen molar-refractivity contribution < 1.29 is 33.1 Å². The molecule has 3 aliphatic rings. The van der Waals surface area contributed by atoms with Crippen LogP contribution in [0.25, 0.3) is 23.1 Å². The Balaban J connectivity index is 0.000000167. The zero-order valence-corrected chi connectivity index (χ0v) is 24.9. The van der Waals surface area contributed by atoms with Gasteiger partial charge in [0.25, 0.3) is 28.2 Å². The number of nitrogens with zero attached hydrogens (tertiary/aromatic N) is 1. The molecular formula is C31H20ClN3O7S2. The highest BCUT2D eigenvalue weighted by Crippen LogP contribution is 2.36. The lowest BCUT2D eigenvalue weighted by atomic mass is 10.1. The molecule has 7 rings (SSSR count). The minimum Gasteiger partial charge on any atom is -0.482 e. The molecule has 0 unspecified atom stereocenters. The lowest BCUT2D eigenvalue weighted by Crippen LogP contribution is -2.38. The lowest BCUT2D eigenvalue weighted by Gasteiger charge is -2.29. The molecule has 2 saturated heterocycles. The molecule has 4 heterocycles. The molecule has 4 aromatic rings. The molecule has 44 heavy (non-hydrogen) atoms. The molecule has 0 bridgehead atoms. The molecule has 0 atom stereocenters. The molecule has 3 aromatic carbocycles. The normalized spacial score (nSPS) is 17.8. The smallest absolute Gasteiger partial charge is 0.290 e. The lowest BCUT2D eigenvalue weighted by molar-refractivity contribution is -0.121. The van der Waals surface area contributed by atoms with Crippen LogP contribution < -0.4 is 20.3 Å². The van der Waals surface area contributed by atoms with Crippen LogP contribution in [0.3, 0.4) is 0 Å². The van der Waals surface area contributed by atoms with E-state index in [0.29, 0.717) is 44.2 Å². The Hall–Kier alpha value is -4.78. The van der Waals surface area contributed by atoms with E-state index in [2.05, 4.69) is 10.6 Å². The SMILES string of the molecule is O=C1NC(=O)C(=Cc2ccc3c(c2)N(Cc2ccccc2)C(=O)CO3)S1.O=C1NC(=O)C(=Cc2ccc3oc(Cl)cc3c2)S1. The van der Waals surface area contributed by atoms with Crippen molar-refractivity contribution in [1.82, 2.24) is 10.6 Å². The van der Waals surface area contributed by atoms with Gasteiger partial charge in [-0.3, -0.25) is 34.6 Å². The summed E-state index contributed by atoms with van der Waals surface area (Å²) in [6.07, 6.45) is 3.29. The highest BCUT2D eigenvalue weighted by Gasteiger charge is 2.28. The summed E-state index contributed by atoms with van der Waals surface area (Å²) in [4.78, 5) is 60.2. The van der Waals surface area contributed by atoms with E-state index in [0.717, 1.165) is 40.0 Å². The third-order valence-electron chi connectivity index (χ3n) is 6.50. The molecule has 2 N–H and O–H groups in total. The Morgan fingerprint density at radius 2 is 1.43 bits per heavy atom. The van der Waals surface area contributed by atoms with Gasteiger partial charge in [-0.2, -0.15) is 0 Å². The topological polar surface area (TPSA) is 135 Å². The van der Waals surface area contributed by atoms with Crippen LogP contribution in [0.2, 0.25) is 5.22 Å². The number of ether oxygens (including phenoxy) is 1. The number of amides is 5. The maximum atomic E-state index is 12.4. The number of hydrogen-bond donors (Lipinski definition) is 2. The van der Waals surface area contributed by atoms with Crippen LogP contribution in [-0.2, 0) is 20.9 Å². The molecule has 10 nitrogen and oxygen atoms in total. The van der Waals surface area contributed by atoms with E-state index in [-0.39, 0.29) is 28.9 Å². The number of fused-ring (bicyclic) bond motifs is 2. The molecule has 0 spiro atoms. The first-order valence-corrected chi connectivity index (χ1v) is 15.0. The van der Waals surface area contributed by atoms with Crippen LogP contribution in [0.5, 0.6) is 5.75 Å². The van der Waals surface area contributed by atoms with Crippen molar-refractivity contribution in [1.29, 1.82) is 0 Å². The van der Waals surface area contributed by atoms with E-state index in [1.54, 1.807) is 53.5 Å². The zero-order valence-electron chi connectivity index (χ0n) is 22.5. The third kappa shape index (κ3) is 6.57. The van der Waals surface area contributed by atoms with Crippen molar-refractivity contribution in [3.63, 3.8) is 0 Å². The second kappa shape index (κ2) is 12.4. The number of halogens is 1. The fourth-order valence-electron chi connectivity index (χ4n) is 4.51. The van der Waals surface area contributed by atoms with Crippen LogP contribution in [-0.4, -0.2) is 34.8 Å². The number of imide groups is 2. The first kappa shape index (κ1) is 29.3. The number of rotatable bonds is 4. The van der Waals surface area contributed by atoms with Gasteiger partial charge in [-0.1, -0.05) is 42.5 Å². The van der Waals surface area contributed by atoms with Gasteiger partial charge in [-0.15, -0.1) is 0 Å². The molecule has 3 aliphatic heterocycles. The van der Waals surface area contributed by atoms with Crippen molar-refractivity contribution in [3.05, 3.63) is 105 Å². The molecular weight excluding hydrogens is 626 g/mol. The van der Waals surface area contributed by atoms with Crippen LogP contribution >= 0.6 is 35.1 Å². The largest absolute Gasteiger partial charge is 0.482 e. The van der Waals surface area contributed by atoms with Gasteiger partial charge in [0.2, 0.25) is 0 Å². The molecule has 220 valence electrons. The number of benzene rings is 3. The second-order valence-electron chi connectivity index (χ2n) is 9.53. The Kier molecular flexibility index (Phi) is 8.29.